The Balaban J connectivity index is 3.21. The molecule has 10 heavy (non-hydrogen) atoms. The highest BCUT2D eigenvalue weighted by molar-refractivity contribution is 6.31. The van der Waals surface area contributed by atoms with Gasteiger partial charge in [0.25, 0.3) is 0 Å². The zero-order valence-electron chi connectivity index (χ0n) is 4.91. The average Bonchev–Trinajstić information content (AvgIpc) is 1.94. The number of nitrogens with zero attached hydrogens (tertiary/aromatic N) is 2. The highest BCUT2D eigenvalue weighted by atomic mass is 35.5. The Morgan fingerprint density at radius 1 is 1.70 bits per heavy atom. The summed E-state index contributed by atoms with van der Waals surface area (Å²) in [4.78, 5) is 13.5. The van der Waals surface area contributed by atoms with E-state index in [-0.39, 0.29) is 10.8 Å². The Hall–Kier alpha value is -1.16. The molecular weight excluding hydrogens is 154 g/mol. The number of hydrogen-bond donors (Lipinski definition) is 1. The Bertz CT molecular complexity index is 263. The third kappa shape index (κ3) is 1.22. The van der Waals surface area contributed by atoms with E-state index < -0.39 is 0 Å². The molecule has 0 aliphatic rings. The van der Waals surface area contributed by atoms with Gasteiger partial charge in [-0.15, -0.1) is 4.91 Å². The van der Waals surface area contributed by atoms with Crippen LogP contribution in [0.15, 0.2) is 17.4 Å². The van der Waals surface area contributed by atoms with Crippen molar-refractivity contribution in [3.8, 4) is 0 Å². The first kappa shape index (κ1) is 6.95. The van der Waals surface area contributed by atoms with Crippen molar-refractivity contribution in [1.82, 2.24) is 4.98 Å². The molecule has 0 aliphatic carbocycles. The highest BCUT2D eigenvalue weighted by Crippen LogP contribution is 2.23. The van der Waals surface area contributed by atoms with Crippen LogP contribution in [0.2, 0.25) is 5.15 Å². The van der Waals surface area contributed by atoms with Crippen LogP contribution in [0, 0.1) is 4.91 Å². The van der Waals surface area contributed by atoms with Crippen LogP contribution in [0.4, 0.5) is 11.4 Å². The summed E-state index contributed by atoms with van der Waals surface area (Å²) in [6.45, 7) is 0. The maximum absolute atomic E-state index is 9.95. The van der Waals surface area contributed by atoms with E-state index in [1.807, 2.05) is 0 Å². The van der Waals surface area contributed by atoms with Crippen molar-refractivity contribution in [3.63, 3.8) is 0 Å². The van der Waals surface area contributed by atoms with Crippen molar-refractivity contribution < 1.29 is 0 Å². The van der Waals surface area contributed by atoms with Gasteiger partial charge < -0.3 is 5.73 Å². The SMILES string of the molecule is Nc1cnc(Cl)c(N=O)c1. The smallest absolute Gasteiger partial charge is 0.158 e. The van der Waals surface area contributed by atoms with Crippen molar-refractivity contribution in [3.05, 3.63) is 22.3 Å². The van der Waals surface area contributed by atoms with E-state index in [9.17, 15) is 4.91 Å². The lowest BCUT2D eigenvalue weighted by Gasteiger charge is -1.93. The first-order valence-electron chi connectivity index (χ1n) is 2.48. The predicted molar refractivity (Wildman–Crippen MR) is 39.1 cm³/mol. The summed E-state index contributed by atoms with van der Waals surface area (Å²) >= 11 is 5.44. The van der Waals surface area contributed by atoms with Gasteiger partial charge >= 0.3 is 0 Å². The molecule has 0 saturated heterocycles. The van der Waals surface area contributed by atoms with Crippen LogP contribution < -0.4 is 5.73 Å². The number of hydrogen-bond acceptors (Lipinski definition) is 4. The summed E-state index contributed by atoms with van der Waals surface area (Å²) in [7, 11) is 0. The molecule has 0 unspecified atom stereocenters. The van der Waals surface area contributed by atoms with Crippen molar-refractivity contribution >= 4 is 23.0 Å². The number of aromatic nitrogens is 1. The molecule has 5 heteroatoms. The number of nitroso groups, excluding NO2 is 1. The van der Waals surface area contributed by atoms with Crippen LogP contribution in [-0.2, 0) is 0 Å². The molecule has 0 atom stereocenters. The molecule has 0 aliphatic heterocycles. The number of rotatable bonds is 1. The fourth-order valence-corrected chi connectivity index (χ4v) is 0.654. The topological polar surface area (TPSA) is 68.3 Å². The van der Waals surface area contributed by atoms with Gasteiger partial charge in [0.15, 0.2) is 5.15 Å². The molecule has 0 fully saturated rings. The van der Waals surface area contributed by atoms with E-state index in [1.54, 1.807) is 0 Å². The number of anilines is 1. The fraction of sp³-hybridized carbons (Fsp3) is 0. The van der Waals surface area contributed by atoms with Gasteiger partial charge in [-0.2, -0.15) is 0 Å². The van der Waals surface area contributed by atoms with Crippen molar-refractivity contribution in [2.45, 2.75) is 0 Å². The second-order valence-electron chi connectivity index (χ2n) is 1.67. The maximum Gasteiger partial charge on any atom is 0.158 e. The predicted octanol–water partition coefficient (Wildman–Crippen LogP) is 1.72. The lowest BCUT2D eigenvalue weighted by atomic mass is 10.4. The average molecular weight is 158 g/mol. The third-order valence-corrected chi connectivity index (χ3v) is 1.23. The zero-order valence-corrected chi connectivity index (χ0v) is 5.67. The van der Waals surface area contributed by atoms with Crippen LogP contribution in [0.25, 0.3) is 0 Å². The van der Waals surface area contributed by atoms with Crippen LogP contribution in [0.1, 0.15) is 0 Å². The largest absolute Gasteiger partial charge is 0.397 e. The van der Waals surface area contributed by atoms with E-state index >= 15 is 0 Å². The van der Waals surface area contributed by atoms with Gasteiger partial charge in [0.05, 0.1) is 11.9 Å². The third-order valence-electron chi connectivity index (χ3n) is 0.940. The van der Waals surface area contributed by atoms with Gasteiger partial charge in [0.1, 0.15) is 5.69 Å². The minimum Gasteiger partial charge on any atom is -0.397 e. The van der Waals surface area contributed by atoms with Gasteiger partial charge in [0.2, 0.25) is 0 Å². The number of nitrogen functional groups attached to an aromatic ring is 1. The van der Waals surface area contributed by atoms with Crippen molar-refractivity contribution in [2.75, 3.05) is 5.73 Å². The van der Waals surface area contributed by atoms with E-state index in [0.29, 0.717) is 5.69 Å². The van der Waals surface area contributed by atoms with Crippen molar-refractivity contribution in [2.24, 2.45) is 5.18 Å². The Kier molecular flexibility index (Phi) is 1.82. The summed E-state index contributed by atoms with van der Waals surface area (Å²) in [5.41, 5.74) is 5.73. The summed E-state index contributed by atoms with van der Waals surface area (Å²) < 4.78 is 0. The molecule has 0 aromatic carbocycles. The summed E-state index contributed by atoms with van der Waals surface area (Å²) in [5, 5.41) is 2.68. The van der Waals surface area contributed by atoms with Crippen molar-refractivity contribution in [1.29, 1.82) is 0 Å². The molecule has 2 N–H and O–H groups in total. The molecule has 1 heterocycles. The van der Waals surface area contributed by atoms with E-state index in [4.69, 9.17) is 17.3 Å². The Morgan fingerprint density at radius 2 is 2.40 bits per heavy atom. The quantitative estimate of drug-likeness (QED) is 0.499. The molecule has 4 nitrogen and oxygen atoms in total. The summed E-state index contributed by atoms with van der Waals surface area (Å²) in [5.74, 6) is 0. The maximum atomic E-state index is 9.95. The second-order valence-corrected chi connectivity index (χ2v) is 2.03. The molecule has 52 valence electrons. The first-order valence-corrected chi connectivity index (χ1v) is 2.86. The lowest BCUT2D eigenvalue weighted by molar-refractivity contribution is 1.30. The normalized spacial score (nSPS) is 9.30. The number of halogens is 1. The van der Waals surface area contributed by atoms with Crippen LogP contribution >= 0.6 is 11.6 Å². The Morgan fingerprint density at radius 3 is 2.90 bits per heavy atom. The second kappa shape index (κ2) is 2.62. The zero-order chi connectivity index (χ0) is 7.56. The molecule has 0 saturated carbocycles. The Labute approximate surface area is 62.0 Å². The van der Waals surface area contributed by atoms with Gasteiger partial charge in [-0.3, -0.25) is 0 Å². The molecule has 1 aromatic rings. The van der Waals surface area contributed by atoms with Gasteiger partial charge in [-0.25, -0.2) is 4.98 Å². The first-order chi connectivity index (χ1) is 4.74. The molecule has 1 aromatic heterocycles. The minimum absolute atomic E-state index is 0.0710. The van der Waals surface area contributed by atoms with Crippen LogP contribution in [0.3, 0.4) is 0 Å². The van der Waals surface area contributed by atoms with Crippen LogP contribution in [0.5, 0.6) is 0 Å². The van der Waals surface area contributed by atoms with E-state index in [2.05, 4.69) is 10.2 Å². The monoisotopic (exact) mass is 157 g/mol. The lowest BCUT2D eigenvalue weighted by Crippen LogP contribution is -1.85. The molecule has 0 radical (unpaired) electrons. The molecule has 0 spiro atoms. The summed E-state index contributed by atoms with van der Waals surface area (Å²) in [6, 6.07) is 1.36. The number of pyridine rings is 1. The van der Waals surface area contributed by atoms with Gasteiger partial charge in [0, 0.05) is 0 Å². The molecule has 0 amide bonds. The van der Waals surface area contributed by atoms with E-state index in [0.717, 1.165) is 0 Å². The van der Waals surface area contributed by atoms with E-state index in [1.165, 1.54) is 12.3 Å². The highest BCUT2D eigenvalue weighted by Gasteiger charge is 2.00. The molecular formula is C5H4ClN3O. The summed E-state index contributed by atoms with van der Waals surface area (Å²) in [6.07, 6.45) is 1.36. The van der Waals surface area contributed by atoms with Crippen LogP contribution in [-0.4, -0.2) is 4.98 Å². The fourth-order valence-electron chi connectivity index (χ4n) is 0.516. The number of nitrogens with two attached hydrogens (primary N) is 1. The molecule has 1 rings (SSSR count). The minimum atomic E-state index is 0.0710. The molecule has 0 bridgehead atoms. The van der Waals surface area contributed by atoms with Gasteiger partial charge in [-0.1, -0.05) is 11.6 Å². The standard InChI is InChI=1S/C5H4ClN3O/c6-5-4(9-10)1-3(7)2-8-5/h1-2H,7H2. The van der Waals surface area contributed by atoms with Gasteiger partial charge in [-0.05, 0) is 11.2 Å².